The lowest BCUT2D eigenvalue weighted by molar-refractivity contribution is 0.475. The van der Waals surface area contributed by atoms with Gasteiger partial charge in [-0.15, -0.1) is 0 Å². The minimum atomic E-state index is 0.261. The molecule has 0 bridgehead atoms. The predicted octanol–water partition coefficient (Wildman–Crippen LogP) is 3.79. The van der Waals surface area contributed by atoms with Crippen molar-refractivity contribution in [2.75, 3.05) is 5.32 Å². The highest BCUT2D eigenvalue weighted by molar-refractivity contribution is 6.30. The molecule has 0 radical (unpaired) electrons. The van der Waals surface area contributed by atoms with Gasteiger partial charge in [-0.2, -0.15) is 0 Å². The maximum Gasteiger partial charge on any atom is 0.115 e. The molecule has 2 aromatic rings. The van der Waals surface area contributed by atoms with Crippen LogP contribution in [0.25, 0.3) is 0 Å². The molecule has 0 unspecified atom stereocenters. The molecule has 0 aliphatic carbocycles. The Morgan fingerprint density at radius 3 is 1.80 bits per heavy atom. The molecule has 0 aliphatic rings. The number of anilines is 2. The van der Waals surface area contributed by atoms with Crippen LogP contribution in [0, 0.1) is 0 Å². The highest BCUT2D eigenvalue weighted by Gasteiger charge is 1.94. The maximum absolute atomic E-state index is 9.11. The minimum Gasteiger partial charge on any atom is -0.508 e. The monoisotopic (exact) mass is 219 g/mol. The van der Waals surface area contributed by atoms with Gasteiger partial charge in [0.1, 0.15) is 5.75 Å². The van der Waals surface area contributed by atoms with Crippen molar-refractivity contribution in [1.82, 2.24) is 0 Å². The summed E-state index contributed by atoms with van der Waals surface area (Å²) in [5.74, 6) is 0.261. The molecule has 2 aromatic carbocycles. The van der Waals surface area contributed by atoms with Crippen LogP contribution in [0.4, 0.5) is 11.4 Å². The SMILES string of the molecule is Oc1ccc(Nc2ccc(Cl)cc2)cc1. The van der Waals surface area contributed by atoms with Gasteiger partial charge in [0.2, 0.25) is 0 Å². The van der Waals surface area contributed by atoms with Crippen LogP contribution in [0.1, 0.15) is 0 Å². The van der Waals surface area contributed by atoms with Crippen molar-refractivity contribution >= 4 is 23.0 Å². The number of phenolic OH excluding ortho intramolecular Hbond substituents is 1. The lowest BCUT2D eigenvalue weighted by Gasteiger charge is -2.06. The Morgan fingerprint density at radius 1 is 0.800 bits per heavy atom. The van der Waals surface area contributed by atoms with Crippen LogP contribution in [0.5, 0.6) is 5.75 Å². The van der Waals surface area contributed by atoms with Gasteiger partial charge in [0.25, 0.3) is 0 Å². The van der Waals surface area contributed by atoms with Crippen molar-refractivity contribution in [1.29, 1.82) is 0 Å². The Labute approximate surface area is 93.1 Å². The molecule has 0 atom stereocenters. The van der Waals surface area contributed by atoms with Gasteiger partial charge in [-0.1, -0.05) is 11.6 Å². The van der Waals surface area contributed by atoms with Crippen molar-refractivity contribution in [3.8, 4) is 5.75 Å². The third-order valence-corrected chi connectivity index (χ3v) is 2.25. The number of halogens is 1. The second-order valence-electron chi connectivity index (χ2n) is 3.18. The normalized spacial score (nSPS) is 9.93. The Morgan fingerprint density at radius 2 is 1.27 bits per heavy atom. The van der Waals surface area contributed by atoms with Crippen LogP contribution < -0.4 is 5.32 Å². The molecule has 0 amide bonds. The molecule has 0 fully saturated rings. The first-order chi connectivity index (χ1) is 7.24. The van der Waals surface area contributed by atoms with Gasteiger partial charge < -0.3 is 10.4 Å². The first-order valence-corrected chi connectivity index (χ1v) is 4.93. The molecule has 0 spiro atoms. The summed E-state index contributed by atoms with van der Waals surface area (Å²) in [5.41, 5.74) is 1.89. The van der Waals surface area contributed by atoms with Crippen LogP contribution in [-0.4, -0.2) is 5.11 Å². The van der Waals surface area contributed by atoms with Crippen LogP contribution in [0.2, 0.25) is 5.02 Å². The first kappa shape index (κ1) is 9.87. The molecule has 76 valence electrons. The van der Waals surface area contributed by atoms with Crippen molar-refractivity contribution in [3.63, 3.8) is 0 Å². The third-order valence-electron chi connectivity index (χ3n) is 2.00. The molecular formula is C12H10ClNO. The first-order valence-electron chi connectivity index (χ1n) is 4.56. The summed E-state index contributed by atoms with van der Waals surface area (Å²) in [6.45, 7) is 0. The summed E-state index contributed by atoms with van der Waals surface area (Å²) < 4.78 is 0. The lowest BCUT2D eigenvalue weighted by atomic mass is 10.2. The van der Waals surface area contributed by atoms with Gasteiger partial charge in [-0.3, -0.25) is 0 Å². The van der Waals surface area contributed by atoms with Crippen LogP contribution in [-0.2, 0) is 0 Å². The van der Waals surface area contributed by atoms with E-state index in [9.17, 15) is 0 Å². The second-order valence-corrected chi connectivity index (χ2v) is 3.62. The van der Waals surface area contributed by atoms with Crippen molar-refractivity contribution < 1.29 is 5.11 Å². The summed E-state index contributed by atoms with van der Waals surface area (Å²) in [4.78, 5) is 0. The van der Waals surface area contributed by atoms with Gasteiger partial charge in [-0.25, -0.2) is 0 Å². The number of aromatic hydroxyl groups is 1. The maximum atomic E-state index is 9.11. The van der Waals surface area contributed by atoms with Crippen LogP contribution in [0.3, 0.4) is 0 Å². The average Bonchev–Trinajstić information content (AvgIpc) is 2.25. The van der Waals surface area contributed by atoms with Gasteiger partial charge >= 0.3 is 0 Å². The molecule has 2 nitrogen and oxygen atoms in total. The van der Waals surface area contributed by atoms with Gasteiger partial charge in [-0.05, 0) is 48.5 Å². The zero-order valence-corrected chi connectivity index (χ0v) is 8.70. The number of nitrogens with one attached hydrogen (secondary N) is 1. The Kier molecular flexibility index (Phi) is 2.79. The van der Waals surface area contributed by atoms with E-state index in [1.807, 2.05) is 36.4 Å². The van der Waals surface area contributed by atoms with E-state index >= 15 is 0 Å². The zero-order valence-electron chi connectivity index (χ0n) is 7.94. The van der Waals surface area contributed by atoms with Crippen LogP contribution in [0.15, 0.2) is 48.5 Å². The van der Waals surface area contributed by atoms with Gasteiger partial charge in [0.05, 0.1) is 0 Å². The molecule has 0 saturated heterocycles. The van der Waals surface area contributed by atoms with E-state index < -0.39 is 0 Å². The predicted molar refractivity (Wildman–Crippen MR) is 62.8 cm³/mol. The second kappa shape index (κ2) is 4.24. The molecular weight excluding hydrogens is 210 g/mol. The number of hydrogen-bond donors (Lipinski definition) is 2. The molecule has 0 saturated carbocycles. The van der Waals surface area contributed by atoms with Gasteiger partial charge in [0.15, 0.2) is 0 Å². The highest BCUT2D eigenvalue weighted by Crippen LogP contribution is 2.20. The Hall–Kier alpha value is -1.67. The molecule has 0 aromatic heterocycles. The zero-order chi connectivity index (χ0) is 10.7. The number of phenols is 1. The van der Waals surface area contributed by atoms with E-state index in [0.29, 0.717) is 5.02 Å². The number of hydrogen-bond acceptors (Lipinski definition) is 2. The van der Waals surface area contributed by atoms with E-state index in [1.54, 1.807) is 12.1 Å². The molecule has 3 heteroatoms. The fraction of sp³-hybridized carbons (Fsp3) is 0. The topological polar surface area (TPSA) is 32.3 Å². The summed E-state index contributed by atoms with van der Waals surface area (Å²) in [6, 6.07) is 14.3. The molecule has 15 heavy (non-hydrogen) atoms. The number of benzene rings is 2. The standard InChI is InChI=1S/C12H10ClNO/c13-9-1-3-10(4-2-9)14-11-5-7-12(15)8-6-11/h1-8,14-15H. The molecule has 0 aliphatic heterocycles. The van der Waals surface area contributed by atoms with E-state index in [-0.39, 0.29) is 5.75 Å². The lowest BCUT2D eigenvalue weighted by Crippen LogP contribution is -1.88. The Bertz CT molecular complexity index is 393. The molecule has 2 rings (SSSR count). The Balaban J connectivity index is 2.15. The van der Waals surface area contributed by atoms with Crippen LogP contribution >= 0.6 is 11.6 Å². The summed E-state index contributed by atoms with van der Waals surface area (Å²) in [6.07, 6.45) is 0. The van der Waals surface area contributed by atoms with Gasteiger partial charge in [0, 0.05) is 16.4 Å². The van der Waals surface area contributed by atoms with E-state index in [4.69, 9.17) is 16.7 Å². The summed E-state index contributed by atoms with van der Waals surface area (Å²) in [5, 5.41) is 13.0. The quantitative estimate of drug-likeness (QED) is 0.754. The molecule has 2 N–H and O–H groups in total. The van der Waals surface area contributed by atoms with Crippen molar-refractivity contribution in [2.24, 2.45) is 0 Å². The largest absolute Gasteiger partial charge is 0.508 e. The fourth-order valence-corrected chi connectivity index (χ4v) is 1.37. The van der Waals surface area contributed by atoms with E-state index in [0.717, 1.165) is 11.4 Å². The minimum absolute atomic E-state index is 0.261. The van der Waals surface area contributed by atoms with E-state index in [2.05, 4.69) is 5.32 Å². The highest BCUT2D eigenvalue weighted by atomic mass is 35.5. The summed E-state index contributed by atoms with van der Waals surface area (Å²) >= 11 is 5.77. The average molecular weight is 220 g/mol. The fourth-order valence-electron chi connectivity index (χ4n) is 1.24. The smallest absolute Gasteiger partial charge is 0.115 e. The molecule has 0 heterocycles. The third kappa shape index (κ3) is 2.64. The number of rotatable bonds is 2. The van der Waals surface area contributed by atoms with Crippen molar-refractivity contribution in [3.05, 3.63) is 53.6 Å². The summed E-state index contributed by atoms with van der Waals surface area (Å²) in [7, 11) is 0. The van der Waals surface area contributed by atoms with Crippen molar-refractivity contribution in [2.45, 2.75) is 0 Å². The van der Waals surface area contributed by atoms with E-state index in [1.165, 1.54) is 0 Å².